The number of aryl methyl sites for hydroxylation is 1. The monoisotopic (exact) mass is 297 g/mol. The maximum Gasteiger partial charge on any atom is 0.214 e. The van der Waals surface area contributed by atoms with Gasteiger partial charge in [-0.25, -0.2) is 0 Å². The topological polar surface area (TPSA) is 84.1 Å². The first-order valence-electron chi connectivity index (χ1n) is 7.27. The molecule has 0 unspecified atom stereocenters. The van der Waals surface area contributed by atoms with Crippen molar-refractivity contribution in [3.05, 3.63) is 35.5 Å². The number of para-hydroxylation sites is 1. The Labute approximate surface area is 126 Å². The van der Waals surface area contributed by atoms with Crippen LogP contribution in [-0.2, 0) is 25.6 Å². The zero-order chi connectivity index (χ0) is 15.9. The van der Waals surface area contributed by atoms with Gasteiger partial charge in [0.15, 0.2) is 0 Å². The summed E-state index contributed by atoms with van der Waals surface area (Å²) >= 11 is 0. The molecule has 0 radical (unpaired) electrons. The van der Waals surface area contributed by atoms with E-state index in [1.807, 2.05) is 12.1 Å². The standard InChI is InChI=1S/C17H15NO4/c1-2-4-9-5-3-6-10-11(8-18-15(9)10)14-16(21)12(19)7-13(20)17(14)22/h3,5-6,8,14,18H,2,4,7H2,1H3. The molecule has 1 aromatic carbocycles. The highest BCUT2D eigenvalue weighted by atomic mass is 16.2. The summed E-state index contributed by atoms with van der Waals surface area (Å²) in [4.78, 5) is 50.5. The smallest absolute Gasteiger partial charge is 0.214 e. The van der Waals surface area contributed by atoms with E-state index < -0.39 is 35.5 Å². The molecule has 0 spiro atoms. The van der Waals surface area contributed by atoms with E-state index in [4.69, 9.17) is 0 Å². The Morgan fingerprint density at radius 3 is 2.41 bits per heavy atom. The van der Waals surface area contributed by atoms with E-state index in [1.165, 1.54) is 0 Å². The average Bonchev–Trinajstić information content (AvgIpc) is 2.91. The fraction of sp³-hybridized carbons (Fsp3) is 0.294. The first-order valence-corrected chi connectivity index (χ1v) is 7.27. The normalized spacial score (nSPS) is 16.8. The van der Waals surface area contributed by atoms with Crippen LogP contribution in [0.5, 0.6) is 0 Å². The summed E-state index contributed by atoms with van der Waals surface area (Å²) in [7, 11) is 0. The second kappa shape index (κ2) is 5.33. The van der Waals surface area contributed by atoms with Gasteiger partial charge < -0.3 is 4.98 Å². The van der Waals surface area contributed by atoms with Crippen molar-refractivity contribution < 1.29 is 19.2 Å². The Balaban J connectivity index is 2.15. The Kier molecular flexibility index (Phi) is 3.48. The Hall–Kier alpha value is -2.56. The lowest BCUT2D eigenvalue weighted by Gasteiger charge is -2.17. The third kappa shape index (κ3) is 2.09. The van der Waals surface area contributed by atoms with Crippen molar-refractivity contribution in [3.63, 3.8) is 0 Å². The fourth-order valence-electron chi connectivity index (χ4n) is 3.00. The van der Waals surface area contributed by atoms with Crippen LogP contribution in [0.1, 0.15) is 36.8 Å². The van der Waals surface area contributed by atoms with Gasteiger partial charge in [0.1, 0.15) is 5.92 Å². The second-order valence-electron chi connectivity index (χ2n) is 5.52. The Bertz CT molecular complexity index is 789. The number of carbonyl (C=O) groups excluding carboxylic acids is 4. The number of carbonyl (C=O) groups is 4. The highest BCUT2D eigenvalue weighted by Gasteiger charge is 2.43. The van der Waals surface area contributed by atoms with E-state index in [0.717, 1.165) is 29.3 Å². The molecule has 1 aliphatic carbocycles. The van der Waals surface area contributed by atoms with Gasteiger partial charge in [-0.1, -0.05) is 31.5 Å². The Morgan fingerprint density at radius 1 is 1.09 bits per heavy atom. The number of aromatic nitrogens is 1. The van der Waals surface area contributed by atoms with Gasteiger partial charge in [-0.2, -0.15) is 0 Å². The molecule has 5 nitrogen and oxygen atoms in total. The van der Waals surface area contributed by atoms with Crippen molar-refractivity contribution in [2.45, 2.75) is 32.1 Å². The number of nitrogens with one attached hydrogen (secondary N) is 1. The number of Topliss-reactive ketones (excluding diaryl/α,β-unsaturated/α-hetero) is 4. The van der Waals surface area contributed by atoms with Gasteiger partial charge in [0, 0.05) is 17.1 Å². The van der Waals surface area contributed by atoms with Crippen LogP contribution >= 0.6 is 0 Å². The molecule has 1 N–H and O–H groups in total. The summed E-state index contributed by atoms with van der Waals surface area (Å²) in [6, 6.07) is 5.63. The zero-order valence-corrected chi connectivity index (χ0v) is 12.1. The molecule has 0 aliphatic heterocycles. The van der Waals surface area contributed by atoms with Crippen molar-refractivity contribution in [2.24, 2.45) is 0 Å². The van der Waals surface area contributed by atoms with E-state index >= 15 is 0 Å². The number of hydrogen-bond acceptors (Lipinski definition) is 4. The molecule has 1 aliphatic rings. The Morgan fingerprint density at radius 2 is 1.77 bits per heavy atom. The summed E-state index contributed by atoms with van der Waals surface area (Å²) in [5.74, 6) is -4.43. The van der Waals surface area contributed by atoms with Crippen LogP contribution < -0.4 is 0 Å². The van der Waals surface area contributed by atoms with Crippen LogP contribution in [0.3, 0.4) is 0 Å². The molecule has 3 rings (SSSR count). The van der Waals surface area contributed by atoms with Crippen LogP contribution in [0.2, 0.25) is 0 Å². The molecule has 2 aromatic rings. The van der Waals surface area contributed by atoms with Crippen LogP contribution in [0.25, 0.3) is 10.9 Å². The molecule has 1 heterocycles. The van der Waals surface area contributed by atoms with E-state index in [-0.39, 0.29) is 0 Å². The van der Waals surface area contributed by atoms with E-state index in [9.17, 15) is 19.2 Å². The number of hydrogen-bond donors (Lipinski definition) is 1. The molecule has 1 aromatic heterocycles. The van der Waals surface area contributed by atoms with Crippen molar-refractivity contribution in [3.8, 4) is 0 Å². The zero-order valence-electron chi connectivity index (χ0n) is 12.1. The molecule has 0 atom stereocenters. The van der Waals surface area contributed by atoms with Crippen LogP contribution in [-0.4, -0.2) is 28.1 Å². The minimum absolute atomic E-state index is 0.421. The predicted octanol–water partition coefficient (Wildman–Crippen LogP) is 1.88. The molecule has 5 heteroatoms. The number of ketones is 4. The lowest BCUT2D eigenvalue weighted by Crippen LogP contribution is -2.40. The molecule has 0 saturated heterocycles. The van der Waals surface area contributed by atoms with Crippen molar-refractivity contribution >= 4 is 34.0 Å². The van der Waals surface area contributed by atoms with Crippen LogP contribution in [0, 0.1) is 0 Å². The summed E-state index contributed by atoms with van der Waals surface area (Å²) < 4.78 is 0. The van der Waals surface area contributed by atoms with E-state index in [1.54, 1.807) is 12.3 Å². The van der Waals surface area contributed by atoms with Crippen LogP contribution in [0.15, 0.2) is 24.4 Å². The molecule has 0 bridgehead atoms. The van der Waals surface area contributed by atoms with Gasteiger partial charge in [0.2, 0.25) is 23.1 Å². The SMILES string of the molecule is CCCc1cccc2c(C3C(=O)C(=O)CC(=O)C3=O)c[nH]c12. The number of H-pyrrole nitrogens is 1. The molecule has 1 saturated carbocycles. The number of benzene rings is 1. The van der Waals surface area contributed by atoms with Gasteiger partial charge in [0.25, 0.3) is 0 Å². The predicted molar refractivity (Wildman–Crippen MR) is 79.7 cm³/mol. The molecular weight excluding hydrogens is 282 g/mol. The van der Waals surface area contributed by atoms with Crippen molar-refractivity contribution in [1.29, 1.82) is 0 Å². The number of fused-ring (bicyclic) bond motifs is 1. The first-order chi connectivity index (χ1) is 10.5. The minimum Gasteiger partial charge on any atom is -0.361 e. The minimum atomic E-state index is -1.29. The molecule has 0 amide bonds. The van der Waals surface area contributed by atoms with Crippen molar-refractivity contribution in [2.75, 3.05) is 0 Å². The quantitative estimate of drug-likeness (QED) is 0.692. The summed E-state index contributed by atoms with van der Waals surface area (Å²) in [6.07, 6.45) is 2.79. The summed E-state index contributed by atoms with van der Waals surface area (Å²) in [6.45, 7) is 2.06. The summed E-state index contributed by atoms with van der Waals surface area (Å²) in [5.41, 5.74) is 2.36. The summed E-state index contributed by atoms with van der Waals surface area (Å²) in [5, 5.41) is 0.722. The number of aromatic amines is 1. The highest BCUT2D eigenvalue weighted by molar-refractivity contribution is 6.61. The van der Waals surface area contributed by atoms with Gasteiger partial charge in [-0.05, 0) is 17.5 Å². The van der Waals surface area contributed by atoms with Gasteiger partial charge in [-0.3, -0.25) is 19.2 Å². The average molecular weight is 297 g/mol. The molecular formula is C17H15NO4. The van der Waals surface area contributed by atoms with Crippen LogP contribution in [0.4, 0.5) is 0 Å². The van der Waals surface area contributed by atoms with Gasteiger partial charge in [0.05, 0.1) is 6.42 Å². The van der Waals surface area contributed by atoms with E-state index in [0.29, 0.717) is 5.56 Å². The van der Waals surface area contributed by atoms with Gasteiger partial charge in [-0.15, -0.1) is 0 Å². The molecule has 22 heavy (non-hydrogen) atoms. The second-order valence-corrected chi connectivity index (χ2v) is 5.52. The third-order valence-electron chi connectivity index (χ3n) is 4.06. The first kappa shape index (κ1) is 14.4. The lowest BCUT2D eigenvalue weighted by molar-refractivity contribution is -0.149. The molecule has 1 fully saturated rings. The maximum atomic E-state index is 12.1. The van der Waals surface area contributed by atoms with Gasteiger partial charge >= 0.3 is 0 Å². The maximum absolute atomic E-state index is 12.1. The highest BCUT2D eigenvalue weighted by Crippen LogP contribution is 2.32. The van der Waals surface area contributed by atoms with E-state index in [2.05, 4.69) is 11.9 Å². The largest absolute Gasteiger partial charge is 0.361 e. The van der Waals surface area contributed by atoms with Crippen molar-refractivity contribution in [1.82, 2.24) is 4.98 Å². The molecule has 112 valence electrons. The number of rotatable bonds is 3. The third-order valence-corrected chi connectivity index (χ3v) is 4.06. The fourth-order valence-corrected chi connectivity index (χ4v) is 3.00. The lowest BCUT2D eigenvalue weighted by atomic mass is 9.80.